The highest BCUT2D eigenvalue weighted by Gasteiger charge is 2.16. The summed E-state index contributed by atoms with van der Waals surface area (Å²) in [6.45, 7) is 3.09. The number of halogens is 3. The third kappa shape index (κ3) is 4.14. The van der Waals surface area contributed by atoms with Crippen molar-refractivity contribution in [1.29, 1.82) is 0 Å². The molecule has 102 valence electrons. The Kier molecular flexibility index (Phi) is 6.09. The lowest BCUT2D eigenvalue weighted by Crippen LogP contribution is -2.23. The zero-order valence-electron chi connectivity index (χ0n) is 10.4. The lowest BCUT2D eigenvalue weighted by Gasteiger charge is -2.20. The van der Waals surface area contributed by atoms with E-state index in [9.17, 15) is 0 Å². The van der Waals surface area contributed by atoms with Gasteiger partial charge in [0.1, 0.15) is 0 Å². The van der Waals surface area contributed by atoms with Crippen molar-refractivity contribution in [2.75, 3.05) is 6.54 Å². The molecule has 1 aromatic heterocycles. The first-order valence-corrected chi connectivity index (χ1v) is 9.28. The van der Waals surface area contributed by atoms with E-state index in [0.717, 1.165) is 21.9 Å². The number of rotatable bonds is 5. The fraction of sp³-hybridized carbons (Fsp3) is 0.286. The highest BCUT2D eigenvalue weighted by Crippen LogP contribution is 2.32. The molecule has 2 rings (SSSR count). The molecule has 0 aliphatic heterocycles. The van der Waals surface area contributed by atoms with Crippen LogP contribution in [-0.4, -0.2) is 6.54 Å². The van der Waals surface area contributed by atoms with Crippen molar-refractivity contribution in [2.45, 2.75) is 19.4 Å². The van der Waals surface area contributed by atoms with Crippen LogP contribution in [0, 0.1) is 0 Å². The minimum atomic E-state index is 0.312. The Balaban J connectivity index is 2.29. The Labute approximate surface area is 143 Å². The molecule has 1 heterocycles. The third-order valence-corrected chi connectivity index (χ3v) is 6.03. The maximum Gasteiger partial charge on any atom is 0.0380 e. The summed E-state index contributed by atoms with van der Waals surface area (Å²) in [5, 5.41) is 5.69. The Hall–Kier alpha value is 0.320. The number of likely N-dealkylation sites (N-methyl/N-ethyl adjacent to an activating group) is 1. The lowest BCUT2D eigenvalue weighted by atomic mass is 10.0. The highest BCUT2D eigenvalue weighted by atomic mass is 79.9. The predicted molar refractivity (Wildman–Crippen MR) is 94.0 cm³/mol. The van der Waals surface area contributed by atoms with Gasteiger partial charge in [-0.3, -0.25) is 0 Å². The second-order valence-corrected chi connectivity index (χ2v) is 7.80. The van der Waals surface area contributed by atoms with Crippen LogP contribution in [0.25, 0.3) is 0 Å². The quantitative estimate of drug-likeness (QED) is 0.574. The maximum atomic E-state index is 3.65. The van der Waals surface area contributed by atoms with Crippen LogP contribution in [0.15, 0.2) is 43.1 Å². The monoisotopic (exact) mass is 465 g/mol. The minimum absolute atomic E-state index is 0.312. The second-order valence-electron chi connectivity index (χ2n) is 4.17. The Morgan fingerprint density at radius 3 is 2.58 bits per heavy atom. The first-order chi connectivity index (χ1) is 9.11. The fourth-order valence-corrected chi connectivity index (χ4v) is 4.44. The molecule has 0 saturated carbocycles. The van der Waals surface area contributed by atoms with E-state index in [1.807, 2.05) is 0 Å². The van der Waals surface area contributed by atoms with Crippen molar-refractivity contribution in [2.24, 2.45) is 0 Å². The highest BCUT2D eigenvalue weighted by molar-refractivity contribution is 9.11. The molecule has 2 aromatic rings. The van der Waals surface area contributed by atoms with Gasteiger partial charge in [-0.15, -0.1) is 11.3 Å². The fourth-order valence-electron chi connectivity index (χ4n) is 1.98. The van der Waals surface area contributed by atoms with Crippen LogP contribution in [0.1, 0.15) is 23.4 Å². The van der Waals surface area contributed by atoms with Crippen LogP contribution in [-0.2, 0) is 6.42 Å². The van der Waals surface area contributed by atoms with Gasteiger partial charge in [-0.25, -0.2) is 0 Å². The van der Waals surface area contributed by atoms with Crippen molar-refractivity contribution in [3.63, 3.8) is 0 Å². The molecule has 0 saturated heterocycles. The van der Waals surface area contributed by atoms with E-state index < -0.39 is 0 Å². The Morgan fingerprint density at radius 1 is 1.16 bits per heavy atom. The van der Waals surface area contributed by atoms with E-state index >= 15 is 0 Å². The first-order valence-electron chi connectivity index (χ1n) is 6.02. The van der Waals surface area contributed by atoms with Gasteiger partial charge in [0, 0.05) is 30.8 Å². The number of hydrogen-bond acceptors (Lipinski definition) is 2. The third-order valence-electron chi connectivity index (χ3n) is 2.86. The molecule has 1 aromatic carbocycles. The normalized spacial score (nSPS) is 12.6. The molecule has 0 fully saturated rings. The second kappa shape index (κ2) is 7.36. The van der Waals surface area contributed by atoms with Gasteiger partial charge in [-0.2, -0.15) is 0 Å². The predicted octanol–water partition coefficient (Wildman–Crippen LogP) is 5.93. The summed E-state index contributed by atoms with van der Waals surface area (Å²) in [4.78, 5) is 1.37. The molecule has 1 atom stereocenters. The lowest BCUT2D eigenvalue weighted by molar-refractivity contribution is 0.550. The van der Waals surface area contributed by atoms with Crippen molar-refractivity contribution in [3.8, 4) is 0 Å². The van der Waals surface area contributed by atoms with E-state index in [-0.39, 0.29) is 0 Å². The number of nitrogens with one attached hydrogen (secondary N) is 1. The molecule has 5 heteroatoms. The van der Waals surface area contributed by atoms with Gasteiger partial charge in [0.2, 0.25) is 0 Å². The summed E-state index contributed by atoms with van der Waals surface area (Å²) < 4.78 is 3.46. The zero-order chi connectivity index (χ0) is 13.8. The summed E-state index contributed by atoms with van der Waals surface area (Å²) in [5.41, 5.74) is 1.29. The molecular formula is C14H14Br3NS. The molecule has 0 amide bonds. The van der Waals surface area contributed by atoms with Gasteiger partial charge in [-0.05, 0) is 57.7 Å². The zero-order valence-corrected chi connectivity index (χ0v) is 16.0. The van der Waals surface area contributed by atoms with E-state index in [0.29, 0.717) is 6.04 Å². The molecule has 1 unspecified atom stereocenters. The molecule has 0 bridgehead atoms. The summed E-state index contributed by atoms with van der Waals surface area (Å²) in [5.74, 6) is 0. The molecule has 0 spiro atoms. The van der Waals surface area contributed by atoms with Crippen LogP contribution in [0.3, 0.4) is 0 Å². The summed E-state index contributed by atoms with van der Waals surface area (Å²) in [6, 6.07) is 8.75. The average molecular weight is 468 g/mol. The summed E-state index contributed by atoms with van der Waals surface area (Å²) in [6.07, 6.45) is 0.987. The Morgan fingerprint density at radius 2 is 1.95 bits per heavy atom. The van der Waals surface area contributed by atoms with Crippen molar-refractivity contribution < 1.29 is 0 Å². The van der Waals surface area contributed by atoms with Crippen molar-refractivity contribution in [1.82, 2.24) is 5.32 Å². The minimum Gasteiger partial charge on any atom is -0.310 e. The molecule has 0 aliphatic rings. The molecule has 1 nitrogen and oxygen atoms in total. The smallest absolute Gasteiger partial charge is 0.0380 e. The molecule has 19 heavy (non-hydrogen) atoms. The van der Waals surface area contributed by atoms with Gasteiger partial charge in [0.15, 0.2) is 0 Å². The summed E-state index contributed by atoms with van der Waals surface area (Å²) >= 11 is 12.6. The number of thiophene rings is 1. The van der Waals surface area contributed by atoms with Crippen LogP contribution in [0.4, 0.5) is 0 Å². The van der Waals surface area contributed by atoms with E-state index in [1.54, 1.807) is 11.3 Å². The van der Waals surface area contributed by atoms with Gasteiger partial charge in [0.25, 0.3) is 0 Å². The van der Waals surface area contributed by atoms with Gasteiger partial charge >= 0.3 is 0 Å². The maximum absolute atomic E-state index is 3.65. The molecular weight excluding hydrogens is 454 g/mol. The number of benzene rings is 1. The standard InChI is InChI=1S/C14H14Br3NS/c1-2-18-13(8-14-12(17)5-6-19-14)10-7-9(15)3-4-11(10)16/h3-7,13,18H,2,8H2,1H3. The van der Waals surface area contributed by atoms with Gasteiger partial charge in [-0.1, -0.05) is 38.8 Å². The SMILES string of the molecule is CCNC(Cc1sccc1Br)c1cc(Br)ccc1Br. The van der Waals surface area contributed by atoms with Crippen LogP contribution in [0.2, 0.25) is 0 Å². The van der Waals surface area contributed by atoms with E-state index in [4.69, 9.17) is 0 Å². The largest absolute Gasteiger partial charge is 0.310 e. The van der Waals surface area contributed by atoms with E-state index in [2.05, 4.69) is 89.7 Å². The average Bonchev–Trinajstić information content (AvgIpc) is 2.78. The Bertz CT molecular complexity index is 553. The van der Waals surface area contributed by atoms with Crippen molar-refractivity contribution >= 4 is 59.1 Å². The molecule has 1 N–H and O–H groups in total. The van der Waals surface area contributed by atoms with Crippen LogP contribution in [0.5, 0.6) is 0 Å². The number of hydrogen-bond donors (Lipinski definition) is 1. The van der Waals surface area contributed by atoms with Crippen LogP contribution < -0.4 is 5.32 Å². The topological polar surface area (TPSA) is 12.0 Å². The summed E-state index contributed by atoms with van der Waals surface area (Å²) in [7, 11) is 0. The first kappa shape index (κ1) is 15.7. The van der Waals surface area contributed by atoms with Gasteiger partial charge in [0.05, 0.1) is 0 Å². The van der Waals surface area contributed by atoms with Crippen molar-refractivity contribution in [3.05, 3.63) is 53.5 Å². The van der Waals surface area contributed by atoms with E-state index in [1.165, 1.54) is 14.9 Å². The molecule has 0 radical (unpaired) electrons. The molecule has 0 aliphatic carbocycles. The van der Waals surface area contributed by atoms with Crippen LogP contribution >= 0.6 is 59.1 Å². The van der Waals surface area contributed by atoms with Gasteiger partial charge < -0.3 is 5.32 Å².